The van der Waals surface area contributed by atoms with E-state index in [1.807, 2.05) is 32.0 Å². The van der Waals surface area contributed by atoms with E-state index in [0.29, 0.717) is 16.4 Å². The van der Waals surface area contributed by atoms with Crippen LogP contribution in [-0.2, 0) is 4.79 Å². The number of carbonyl (C=O) groups excluding carboxylic acids is 1. The molecule has 0 aliphatic carbocycles. The number of pyridine rings is 1. The maximum Gasteiger partial charge on any atom is 0.270 e. The van der Waals surface area contributed by atoms with E-state index in [0.717, 1.165) is 22.0 Å². The number of anilines is 1. The number of amides is 1. The summed E-state index contributed by atoms with van der Waals surface area (Å²) in [6, 6.07) is 12.7. The number of fused-ring (bicyclic) bond motifs is 1. The number of non-ortho nitro benzene ring substituents is 1. The summed E-state index contributed by atoms with van der Waals surface area (Å²) in [6.45, 7) is 5.46. The van der Waals surface area contributed by atoms with E-state index < -0.39 is 11.0 Å². The van der Waals surface area contributed by atoms with Crippen molar-refractivity contribution in [2.75, 3.05) is 5.32 Å². The number of nitrogens with one attached hydrogen (secondary N) is 1. The SMILES string of the molecule is Cc1cc(=O)n(C(C)C(=O)Nc2nc(-c3cccc([N+](=O)[O-])c3)cs2)c2c(C)cccc12. The Balaban J connectivity index is 1.63. The van der Waals surface area contributed by atoms with Crippen molar-refractivity contribution in [1.82, 2.24) is 9.55 Å². The Kier molecular flexibility index (Phi) is 5.58. The van der Waals surface area contributed by atoms with Crippen molar-refractivity contribution >= 4 is 39.0 Å². The number of benzene rings is 2. The van der Waals surface area contributed by atoms with Gasteiger partial charge in [-0.2, -0.15) is 0 Å². The van der Waals surface area contributed by atoms with Crippen molar-refractivity contribution in [3.05, 3.63) is 85.5 Å². The molecular weight excluding hydrogens is 428 g/mol. The Labute approximate surface area is 187 Å². The van der Waals surface area contributed by atoms with Gasteiger partial charge < -0.3 is 5.32 Å². The molecule has 162 valence electrons. The minimum Gasteiger partial charge on any atom is -0.300 e. The van der Waals surface area contributed by atoms with Crippen molar-refractivity contribution in [3.8, 4) is 11.3 Å². The van der Waals surface area contributed by atoms with E-state index >= 15 is 0 Å². The molecule has 1 N–H and O–H groups in total. The summed E-state index contributed by atoms with van der Waals surface area (Å²) in [5, 5.41) is 16.8. The van der Waals surface area contributed by atoms with Crippen molar-refractivity contribution in [1.29, 1.82) is 0 Å². The molecular formula is C23H20N4O4S. The molecule has 2 aromatic carbocycles. The first-order valence-corrected chi connectivity index (χ1v) is 10.8. The first-order chi connectivity index (χ1) is 15.3. The van der Waals surface area contributed by atoms with Gasteiger partial charge in [0, 0.05) is 34.5 Å². The maximum atomic E-state index is 13.0. The molecule has 0 spiro atoms. The third kappa shape index (κ3) is 3.90. The van der Waals surface area contributed by atoms with Crippen LogP contribution in [0.5, 0.6) is 0 Å². The zero-order valence-electron chi connectivity index (χ0n) is 17.7. The van der Waals surface area contributed by atoms with Crippen LogP contribution in [0.3, 0.4) is 0 Å². The van der Waals surface area contributed by atoms with Crippen LogP contribution in [0.4, 0.5) is 10.8 Å². The van der Waals surface area contributed by atoms with Crippen LogP contribution in [0.25, 0.3) is 22.2 Å². The molecule has 0 fully saturated rings. The van der Waals surface area contributed by atoms with Crippen LogP contribution in [-0.4, -0.2) is 20.4 Å². The van der Waals surface area contributed by atoms with Gasteiger partial charge in [0.05, 0.1) is 16.1 Å². The van der Waals surface area contributed by atoms with E-state index in [4.69, 9.17) is 0 Å². The monoisotopic (exact) mass is 448 g/mol. The summed E-state index contributed by atoms with van der Waals surface area (Å²) in [5.41, 5.74) is 3.33. The third-order valence-corrected chi connectivity index (χ3v) is 6.09. The first-order valence-electron chi connectivity index (χ1n) is 9.89. The summed E-state index contributed by atoms with van der Waals surface area (Å²) in [7, 11) is 0. The number of carbonyl (C=O) groups is 1. The Bertz CT molecular complexity index is 1420. The van der Waals surface area contributed by atoms with Crippen molar-refractivity contribution in [3.63, 3.8) is 0 Å². The maximum absolute atomic E-state index is 13.0. The van der Waals surface area contributed by atoms with Crippen LogP contribution in [0.2, 0.25) is 0 Å². The van der Waals surface area contributed by atoms with Gasteiger partial charge in [-0.25, -0.2) is 4.98 Å². The molecule has 0 saturated heterocycles. The number of nitro benzene ring substituents is 1. The van der Waals surface area contributed by atoms with Crippen LogP contribution in [0.15, 0.2) is 58.7 Å². The number of nitrogens with zero attached hydrogens (tertiary/aromatic N) is 3. The highest BCUT2D eigenvalue weighted by Crippen LogP contribution is 2.28. The number of thiazole rings is 1. The summed E-state index contributed by atoms with van der Waals surface area (Å²) < 4.78 is 1.50. The molecule has 32 heavy (non-hydrogen) atoms. The predicted octanol–water partition coefficient (Wildman–Crippen LogP) is 4.85. The zero-order valence-corrected chi connectivity index (χ0v) is 18.5. The summed E-state index contributed by atoms with van der Waals surface area (Å²) in [5.74, 6) is -0.375. The van der Waals surface area contributed by atoms with E-state index in [9.17, 15) is 19.7 Å². The number of hydrogen-bond donors (Lipinski definition) is 1. The van der Waals surface area contributed by atoms with E-state index in [1.54, 1.807) is 24.4 Å². The topological polar surface area (TPSA) is 107 Å². The number of hydrogen-bond acceptors (Lipinski definition) is 6. The van der Waals surface area contributed by atoms with Gasteiger partial charge in [-0.05, 0) is 31.9 Å². The van der Waals surface area contributed by atoms with Crippen molar-refractivity contribution in [2.24, 2.45) is 0 Å². The van der Waals surface area contributed by atoms with Gasteiger partial charge in [0.2, 0.25) is 5.91 Å². The van der Waals surface area contributed by atoms with Gasteiger partial charge in [-0.3, -0.25) is 24.3 Å². The lowest BCUT2D eigenvalue weighted by molar-refractivity contribution is -0.384. The molecule has 0 bridgehead atoms. The average Bonchev–Trinajstić information content (AvgIpc) is 3.22. The van der Waals surface area contributed by atoms with E-state index in [-0.39, 0.29) is 17.2 Å². The number of para-hydroxylation sites is 1. The average molecular weight is 449 g/mol. The number of aryl methyl sites for hydroxylation is 2. The molecule has 4 rings (SSSR count). The molecule has 2 heterocycles. The summed E-state index contributed by atoms with van der Waals surface area (Å²) >= 11 is 1.21. The van der Waals surface area contributed by atoms with Gasteiger partial charge >= 0.3 is 0 Å². The van der Waals surface area contributed by atoms with Gasteiger partial charge in [0.25, 0.3) is 11.2 Å². The molecule has 2 aromatic heterocycles. The molecule has 0 saturated carbocycles. The molecule has 9 heteroatoms. The molecule has 0 aliphatic heterocycles. The fourth-order valence-corrected chi connectivity index (χ4v) is 4.42. The highest BCUT2D eigenvalue weighted by Gasteiger charge is 2.21. The standard InChI is InChI=1S/C23H20N4O4S/c1-13-6-4-9-18-14(2)10-20(28)26(21(13)18)15(3)22(29)25-23-24-19(12-32-23)16-7-5-8-17(11-16)27(30)31/h4-12,15H,1-3H3,(H,24,25,29). The number of aromatic nitrogens is 2. The van der Waals surface area contributed by atoms with E-state index in [1.165, 1.54) is 34.1 Å². The minimum atomic E-state index is -0.767. The van der Waals surface area contributed by atoms with Crippen LogP contribution < -0.4 is 10.9 Å². The van der Waals surface area contributed by atoms with E-state index in [2.05, 4.69) is 10.3 Å². The van der Waals surface area contributed by atoms with Crippen LogP contribution >= 0.6 is 11.3 Å². The lowest BCUT2D eigenvalue weighted by Gasteiger charge is -2.19. The highest BCUT2D eigenvalue weighted by molar-refractivity contribution is 7.14. The fourth-order valence-electron chi connectivity index (χ4n) is 3.69. The number of nitro groups is 1. The van der Waals surface area contributed by atoms with Crippen LogP contribution in [0, 0.1) is 24.0 Å². The Morgan fingerprint density at radius 2 is 1.91 bits per heavy atom. The first kappa shape index (κ1) is 21.4. The summed E-state index contributed by atoms with van der Waals surface area (Å²) in [6.07, 6.45) is 0. The van der Waals surface area contributed by atoms with Gasteiger partial charge in [0.1, 0.15) is 6.04 Å². The van der Waals surface area contributed by atoms with Crippen LogP contribution in [0.1, 0.15) is 24.1 Å². The Morgan fingerprint density at radius 3 is 2.66 bits per heavy atom. The largest absolute Gasteiger partial charge is 0.300 e. The quantitative estimate of drug-likeness (QED) is 0.347. The Hall–Kier alpha value is -3.85. The predicted molar refractivity (Wildman–Crippen MR) is 125 cm³/mol. The molecule has 1 amide bonds. The molecule has 1 atom stereocenters. The smallest absolute Gasteiger partial charge is 0.270 e. The van der Waals surface area contributed by atoms with Crippen molar-refractivity contribution < 1.29 is 9.72 Å². The van der Waals surface area contributed by atoms with Gasteiger partial charge in [-0.1, -0.05) is 30.3 Å². The third-order valence-electron chi connectivity index (χ3n) is 5.33. The second-order valence-electron chi connectivity index (χ2n) is 7.52. The normalized spacial score (nSPS) is 12.0. The lowest BCUT2D eigenvalue weighted by atomic mass is 10.1. The second kappa shape index (κ2) is 8.35. The molecule has 0 radical (unpaired) electrons. The second-order valence-corrected chi connectivity index (χ2v) is 8.38. The molecule has 0 aliphatic rings. The highest BCUT2D eigenvalue weighted by atomic mass is 32.1. The fraction of sp³-hybridized carbons (Fsp3) is 0.174. The molecule has 4 aromatic rings. The van der Waals surface area contributed by atoms with Crippen molar-refractivity contribution in [2.45, 2.75) is 26.8 Å². The molecule has 1 unspecified atom stereocenters. The number of rotatable bonds is 5. The zero-order chi connectivity index (χ0) is 23.0. The Morgan fingerprint density at radius 1 is 1.16 bits per heavy atom. The minimum absolute atomic E-state index is 0.0318. The van der Waals surface area contributed by atoms with Gasteiger partial charge in [-0.15, -0.1) is 11.3 Å². The van der Waals surface area contributed by atoms with Gasteiger partial charge in [0.15, 0.2) is 5.13 Å². The molecule has 8 nitrogen and oxygen atoms in total. The summed E-state index contributed by atoms with van der Waals surface area (Å²) in [4.78, 5) is 40.7. The lowest BCUT2D eigenvalue weighted by Crippen LogP contribution is -2.32.